The van der Waals surface area contributed by atoms with Gasteiger partial charge in [-0.1, -0.05) is 0 Å². The highest BCUT2D eigenvalue weighted by Gasteiger charge is 2.15. The van der Waals surface area contributed by atoms with E-state index >= 15 is 0 Å². The standard InChI is InChI=1S/C11H16N6O/c12-11-15-9(8-6-14-17-10(8)16-11)13-4-3-7-2-1-5-18-7/h6-7H,1-5H2,(H4,12,13,14,15,16,17). The monoisotopic (exact) mass is 248 g/mol. The van der Waals surface area contributed by atoms with Crippen LogP contribution in [0.1, 0.15) is 19.3 Å². The number of fused-ring (bicyclic) bond motifs is 1. The molecule has 0 aliphatic carbocycles. The Morgan fingerprint density at radius 2 is 2.44 bits per heavy atom. The number of anilines is 2. The largest absolute Gasteiger partial charge is 0.378 e. The summed E-state index contributed by atoms with van der Waals surface area (Å²) in [6.45, 7) is 1.69. The number of aromatic nitrogens is 4. The molecule has 0 saturated carbocycles. The molecule has 0 amide bonds. The van der Waals surface area contributed by atoms with E-state index in [9.17, 15) is 0 Å². The second kappa shape index (κ2) is 4.77. The predicted octanol–water partition coefficient (Wildman–Crippen LogP) is 0.916. The molecule has 1 aliphatic heterocycles. The molecule has 7 heteroatoms. The molecule has 3 heterocycles. The average Bonchev–Trinajstić information content (AvgIpc) is 2.98. The van der Waals surface area contributed by atoms with Crippen molar-refractivity contribution in [2.24, 2.45) is 0 Å². The number of hydrogen-bond acceptors (Lipinski definition) is 6. The number of nitrogens with two attached hydrogens (primary N) is 1. The Balaban J connectivity index is 1.67. The zero-order chi connectivity index (χ0) is 12.4. The summed E-state index contributed by atoms with van der Waals surface area (Å²) in [4.78, 5) is 8.26. The van der Waals surface area contributed by atoms with Crippen LogP contribution in [0.5, 0.6) is 0 Å². The van der Waals surface area contributed by atoms with Gasteiger partial charge in [0.05, 0.1) is 17.7 Å². The van der Waals surface area contributed by atoms with E-state index in [1.54, 1.807) is 6.20 Å². The van der Waals surface area contributed by atoms with E-state index in [2.05, 4.69) is 25.5 Å². The molecule has 1 fully saturated rings. The van der Waals surface area contributed by atoms with E-state index in [-0.39, 0.29) is 5.95 Å². The van der Waals surface area contributed by atoms with Crippen molar-refractivity contribution in [3.8, 4) is 0 Å². The highest BCUT2D eigenvalue weighted by molar-refractivity contribution is 5.86. The van der Waals surface area contributed by atoms with Crippen molar-refractivity contribution in [1.82, 2.24) is 20.2 Å². The number of nitrogens with zero attached hydrogens (tertiary/aromatic N) is 3. The first-order valence-electron chi connectivity index (χ1n) is 6.15. The number of aromatic amines is 1. The Hall–Kier alpha value is -1.89. The molecular weight excluding hydrogens is 232 g/mol. The van der Waals surface area contributed by atoms with E-state index in [0.29, 0.717) is 11.8 Å². The number of hydrogen-bond donors (Lipinski definition) is 3. The topological polar surface area (TPSA) is 102 Å². The van der Waals surface area contributed by atoms with Crippen molar-refractivity contribution in [2.75, 3.05) is 24.2 Å². The van der Waals surface area contributed by atoms with Gasteiger partial charge in [-0.25, -0.2) is 0 Å². The number of nitrogen functional groups attached to an aromatic ring is 1. The SMILES string of the molecule is Nc1nc(NCCC2CCCO2)c2cn[nH]c2n1. The third-order valence-corrected chi connectivity index (χ3v) is 3.11. The lowest BCUT2D eigenvalue weighted by Gasteiger charge is -2.11. The Bertz CT molecular complexity index is 533. The lowest BCUT2D eigenvalue weighted by Crippen LogP contribution is -2.13. The molecule has 0 spiro atoms. The number of H-pyrrole nitrogens is 1. The summed E-state index contributed by atoms with van der Waals surface area (Å²) in [5.41, 5.74) is 6.30. The molecule has 0 aromatic carbocycles. The molecule has 1 aliphatic rings. The van der Waals surface area contributed by atoms with Crippen molar-refractivity contribution >= 4 is 22.8 Å². The first kappa shape index (κ1) is 11.2. The summed E-state index contributed by atoms with van der Waals surface area (Å²) < 4.78 is 5.57. The van der Waals surface area contributed by atoms with Crippen LogP contribution in [-0.4, -0.2) is 39.4 Å². The number of rotatable bonds is 4. The van der Waals surface area contributed by atoms with Crippen LogP contribution < -0.4 is 11.1 Å². The molecule has 3 rings (SSSR count). The smallest absolute Gasteiger partial charge is 0.224 e. The fraction of sp³-hybridized carbons (Fsp3) is 0.545. The van der Waals surface area contributed by atoms with Gasteiger partial charge in [0, 0.05) is 13.2 Å². The van der Waals surface area contributed by atoms with E-state index in [4.69, 9.17) is 10.5 Å². The van der Waals surface area contributed by atoms with E-state index in [0.717, 1.165) is 43.6 Å². The van der Waals surface area contributed by atoms with Gasteiger partial charge in [0.25, 0.3) is 0 Å². The van der Waals surface area contributed by atoms with Crippen LogP contribution in [0.4, 0.5) is 11.8 Å². The van der Waals surface area contributed by atoms with E-state index in [1.807, 2.05) is 0 Å². The molecule has 2 aromatic rings. The van der Waals surface area contributed by atoms with Crippen molar-refractivity contribution in [3.63, 3.8) is 0 Å². The van der Waals surface area contributed by atoms with Crippen LogP contribution in [0.2, 0.25) is 0 Å². The highest BCUT2D eigenvalue weighted by Crippen LogP contribution is 2.20. The van der Waals surface area contributed by atoms with Gasteiger partial charge in [-0.15, -0.1) is 0 Å². The summed E-state index contributed by atoms with van der Waals surface area (Å²) in [5.74, 6) is 0.968. The molecular formula is C11H16N6O. The first-order valence-corrected chi connectivity index (χ1v) is 6.15. The van der Waals surface area contributed by atoms with Gasteiger partial charge in [-0.3, -0.25) is 5.10 Å². The van der Waals surface area contributed by atoms with Crippen molar-refractivity contribution < 1.29 is 4.74 Å². The maximum absolute atomic E-state index is 5.64. The Morgan fingerprint density at radius 1 is 1.50 bits per heavy atom. The second-order valence-electron chi connectivity index (χ2n) is 4.41. The molecule has 1 saturated heterocycles. The van der Waals surface area contributed by atoms with Gasteiger partial charge in [0.2, 0.25) is 5.95 Å². The lowest BCUT2D eigenvalue weighted by molar-refractivity contribution is 0.107. The Kier molecular flexibility index (Phi) is 2.97. The van der Waals surface area contributed by atoms with E-state index < -0.39 is 0 Å². The molecule has 1 atom stereocenters. The predicted molar refractivity (Wildman–Crippen MR) is 68.2 cm³/mol. The molecule has 96 valence electrons. The number of nitrogens with one attached hydrogen (secondary N) is 2. The highest BCUT2D eigenvalue weighted by atomic mass is 16.5. The molecule has 2 aromatic heterocycles. The zero-order valence-corrected chi connectivity index (χ0v) is 10.0. The molecule has 0 bridgehead atoms. The van der Waals surface area contributed by atoms with Crippen LogP contribution in [0, 0.1) is 0 Å². The molecule has 7 nitrogen and oxygen atoms in total. The quantitative estimate of drug-likeness (QED) is 0.743. The summed E-state index contributed by atoms with van der Waals surface area (Å²) in [5, 5.41) is 10.9. The van der Waals surface area contributed by atoms with Crippen molar-refractivity contribution in [3.05, 3.63) is 6.20 Å². The molecule has 0 radical (unpaired) electrons. The van der Waals surface area contributed by atoms with Gasteiger partial charge in [0.15, 0.2) is 5.65 Å². The normalized spacial score (nSPS) is 19.4. The third kappa shape index (κ3) is 2.21. The fourth-order valence-corrected chi connectivity index (χ4v) is 2.21. The second-order valence-corrected chi connectivity index (χ2v) is 4.41. The van der Waals surface area contributed by atoms with Gasteiger partial charge in [-0.05, 0) is 19.3 Å². The summed E-state index contributed by atoms with van der Waals surface area (Å²) in [6, 6.07) is 0. The van der Waals surface area contributed by atoms with Crippen LogP contribution in [-0.2, 0) is 4.74 Å². The average molecular weight is 248 g/mol. The lowest BCUT2D eigenvalue weighted by atomic mass is 10.2. The van der Waals surface area contributed by atoms with Crippen molar-refractivity contribution in [1.29, 1.82) is 0 Å². The Morgan fingerprint density at radius 3 is 3.28 bits per heavy atom. The minimum absolute atomic E-state index is 0.242. The minimum Gasteiger partial charge on any atom is -0.378 e. The first-order chi connectivity index (χ1) is 8.83. The van der Waals surface area contributed by atoms with E-state index in [1.165, 1.54) is 0 Å². The zero-order valence-electron chi connectivity index (χ0n) is 10.0. The van der Waals surface area contributed by atoms with Gasteiger partial charge in [0.1, 0.15) is 5.82 Å². The maximum Gasteiger partial charge on any atom is 0.224 e. The maximum atomic E-state index is 5.64. The van der Waals surface area contributed by atoms with Crippen LogP contribution >= 0.6 is 0 Å². The third-order valence-electron chi connectivity index (χ3n) is 3.11. The molecule has 18 heavy (non-hydrogen) atoms. The van der Waals surface area contributed by atoms with Crippen LogP contribution in [0.3, 0.4) is 0 Å². The van der Waals surface area contributed by atoms with Crippen molar-refractivity contribution in [2.45, 2.75) is 25.4 Å². The van der Waals surface area contributed by atoms with Gasteiger partial charge >= 0.3 is 0 Å². The molecule has 1 unspecified atom stereocenters. The van der Waals surface area contributed by atoms with Crippen LogP contribution in [0.25, 0.3) is 11.0 Å². The Labute approximate surface area is 104 Å². The van der Waals surface area contributed by atoms with Gasteiger partial charge in [-0.2, -0.15) is 15.1 Å². The van der Waals surface area contributed by atoms with Gasteiger partial charge < -0.3 is 15.8 Å². The summed E-state index contributed by atoms with van der Waals surface area (Å²) >= 11 is 0. The van der Waals surface area contributed by atoms with Crippen LogP contribution in [0.15, 0.2) is 6.20 Å². The minimum atomic E-state index is 0.242. The molecule has 4 N–H and O–H groups in total. The summed E-state index contributed by atoms with van der Waals surface area (Å²) in [7, 11) is 0. The summed E-state index contributed by atoms with van der Waals surface area (Å²) in [6.07, 6.45) is 5.36. The number of ether oxygens (including phenoxy) is 1. The fourth-order valence-electron chi connectivity index (χ4n) is 2.21.